The highest BCUT2D eigenvalue weighted by Gasteiger charge is 2.10. The maximum absolute atomic E-state index is 10.4. The van der Waals surface area contributed by atoms with Crippen LogP contribution in [0.1, 0.15) is 36.1 Å². The van der Waals surface area contributed by atoms with Gasteiger partial charge >= 0.3 is 11.9 Å². The Morgan fingerprint density at radius 1 is 0.800 bits per heavy atom. The Labute approximate surface area is 91.8 Å². The predicted octanol–water partition coefficient (Wildman–Crippen LogP) is 0.907. The molecule has 0 rings (SSSR count). The maximum Gasteiger partial charge on any atom is 0.319 e. The number of aliphatic hydroxyl groups excluding tert-OH is 2. The Balaban J connectivity index is -0.0000000833. The summed E-state index contributed by atoms with van der Waals surface area (Å²) in [5.41, 5.74) is 0. The molecule has 0 amide bonds. The van der Waals surface area contributed by atoms with Gasteiger partial charge in [0, 0.05) is 0 Å². The molecule has 0 aliphatic rings. The lowest BCUT2D eigenvalue weighted by atomic mass is 10.4. The van der Waals surface area contributed by atoms with Crippen molar-refractivity contribution in [3.05, 3.63) is 0 Å². The summed E-state index contributed by atoms with van der Waals surface area (Å²) in [6.07, 6.45) is -0.610. The molecule has 15 heavy (non-hydrogen) atoms. The van der Waals surface area contributed by atoms with E-state index in [1.54, 1.807) is 0 Å². The quantitative estimate of drug-likeness (QED) is 0.422. The van der Waals surface area contributed by atoms with Crippen molar-refractivity contribution in [2.24, 2.45) is 0 Å². The standard InChI is InChI=1S/C5H8O6.4CH4/c6-2-10-4(8)1-5(9)11-3-7;;;;/h6-7H,1-3H2;4*1H4. The summed E-state index contributed by atoms with van der Waals surface area (Å²) < 4.78 is 7.99. The van der Waals surface area contributed by atoms with Crippen LogP contribution in [0.2, 0.25) is 0 Å². The van der Waals surface area contributed by atoms with Crippen LogP contribution in [-0.4, -0.2) is 35.7 Å². The third-order valence-electron chi connectivity index (χ3n) is 0.740. The highest BCUT2D eigenvalue weighted by molar-refractivity contribution is 5.91. The highest BCUT2D eigenvalue weighted by Crippen LogP contribution is 1.88. The largest absolute Gasteiger partial charge is 0.438 e. The van der Waals surface area contributed by atoms with E-state index in [0.717, 1.165) is 0 Å². The normalized spacial score (nSPS) is 6.53. The first-order chi connectivity index (χ1) is 5.20. The minimum absolute atomic E-state index is 0. The average Bonchev–Trinajstić information content (AvgIpc) is 1.87. The van der Waals surface area contributed by atoms with E-state index in [9.17, 15) is 9.59 Å². The molecule has 0 aromatic rings. The van der Waals surface area contributed by atoms with Crippen molar-refractivity contribution in [1.82, 2.24) is 0 Å². The van der Waals surface area contributed by atoms with Gasteiger partial charge in [0.15, 0.2) is 13.6 Å². The second-order valence-electron chi connectivity index (χ2n) is 1.47. The van der Waals surface area contributed by atoms with Crippen molar-refractivity contribution in [2.75, 3.05) is 13.6 Å². The van der Waals surface area contributed by atoms with Crippen LogP contribution in [0.5, 0.6) is 0 Å². The molecule has 0 saturated carbocycles. The number of ether oxygens (including phenoxy) is 2. The van der Waals surface area contributed by atoms with Crippen molar-refractivity contribution >= 4 is 11.9 Å². The van der Waals surface area contributed by atoms with E-state index < -0.39 is 31.9 Å². The number of rotatable bonds is 4. The number of carbonyl (C=O) groups excluding carboxylic acids is 2. The van der Waals surface area contributed by atoms with E-state index >= 15 is 0 Å². The van der Waals surface area contributed by atoms with E-state index in [2.05, 4.69) is 9.47 Å². The maximum atomic E-state index is 10.4. The first kappa shape index (κ1) is 29.2. The Hall–Kier alpha value is -1.14. The fourth-order valence-corrected chi connectivity index (χ4v) is 0.364. The predicted molar refractivity (Wildman–Crippen MR) is 57.9 cm³/mol. The summed E-state index contributed by atoms with van der Waals surface area (Å²) in [5, 5.41) is 16.1. The molecule has 6 heteroatoms. The SMILES string of the molecule is C.C.C.C.O=C(CC(=O)OCO)OCO. The number of hydrogen-bond acceptors (Lipinski definition) is 6. The molecule has 0 saturated heterocycles. The zero-order chi connectivity index (χ0) is 8.69. The number of aliphatic hydroxyl groups is 2. The highest BCUT2D eigenvalue weighted by atomic mass is 16.6. The molecule has 0 fully saturated rings. The van der Waals surface area contributed by atoms with Gasteiger partial charge in [0.1, 0.15) is 6.42 Å². The number of hydrogen-bond donors (Lipinski definition) is 2. The van der Waals surface area contributed by atoms with Crippen LogP contribution in [0.25, 0.3) is 0 Å². The van der Waals surface area contributed by atoms with Gasteiger partial charge in [-0.3, -0.25) is 9.59 Å². The zero-order valence-electron chi connectivity index (χ0n) is 5.65. The van der Waals surface area contributed by atoms with Gasteiger partial charge in [-0.25, -0.2) is 0 Å². The van der Waals surface area contributed by atoms with E-state index in [1.807, 2.05) is 0 Å². The molecule has 96 valence electrons. The molecule has 2 N–H and O–H groups in total. The fourth-order valence-electron chi connectivity index (χ4n) is 0.364. The van der Waals surface area contributed by atoms with E-state index in [0.29, 0.717) is 0 Å². The van der Waals surface area contributed by atoms with E-state index in [1.165, 1.54) is 0 Å². The molecule has 6 nitrogen and oxygen atoms in total. The summed E-state index contributed by atoms with van der Waals surface area (Å²) >= 11 is 0. The molecule has 0 heterocycles. The van der Waals surface area contributed by atoms with E-state index in [4.69, 9.17) is 10.2 Å². The first-order valence-corrected chi connectivity index (χ1v) is 2.73. The van der Waals surface area contributed by atoms with E-state index in [-0.39, 0.29) is 29.7 Å². The summed E-state index contributed by atoms with van der Waals surface area (Å²) in [4.78, 5) is 20.7. The van der Waals surface area contributed by atoms with Crippen LogP contribution >= 0.6 is 0 Å². The van der Waals surface area contributed by atoms with Crippen molar-refractivity contribution in [3.63, 3.8) is 0 Å². The monoisotopic (exact) mass is 228 g/mol. The van der Waals surface area contributed by atoms with Crippen molar-refractivity contribution in [1.29, 1.82) is 0 Å². The van der Waals surface area contributed by atoms with Crippen molar-refractivity contribution in [3.8, 4) is 0 Å². The zero-order valence-corrected chi connectivity index (χ0v) is 5.65. The van der Waals surface area contributed by atoms with Gasteiger partial charge in [-0.1, -0.05) is 29.7 Å². The van der Waals surface area contributed by atoms with Gasteiger partial charge in [0.25, 0.3) is 0 Å². The van der Waals surface area contributed by atoms with Crippen LogP contribution in [0.4, 0.5) is 0 Å². The minimum atomic E-state index is -0.897. The second-order valence-corrected chi connectivity index (χ2v) is 1.47. The Morgan fingerprint density at radius 2 is 1.07 bits per heavy atom. The van der Waals surface area contributed by atoms with Gasteiger partial charge in [0.05, 0.1) is 0 Å². The molecule has 0 aromatic heterocycles. The van der Waals surface area contributed by atoms with Crippen LogP contribution < -0.4 is 0 Å². The minimum Gasteiger partial charge on any atom is -0.438 e. The molecule has 0 atom stereocenters. The number of carbonyl (C=O) groups is 2. The lowest BCUT2D eigenvalue weighted by molar-refractivity contribution is -0.162. The third-order valence-corrected chi connectivity index (χ3v) is 0.740. The smallest absolute Gasteiger partial charge is 0.319 e. The van der Waals surface area contributed by atoms with Gasteiger partial charge in [-0.05, 0) is 0 Å². The third kappa shape index (κ3) is 19.3. The molecule has 0 radical (unpaired) electrons. The van der Waals surface area contributed by atoms with Crippen molar-refractivity contribution < 1.29 is 29.3 Å². The molecular weight excluding hydrogens is 204 g/mol. The van der Waals surface area contributed by atoms with Crippen molar-refractivity contribution in [2.45, 2.75) is 36.1 Å². The summed E-state index contributed by atoms with van der Waals surface area (Å²) in [6.45, 7) is -1.55. The van der Waals surface area contributed by atoms with Gasteiger partial charge in [-0.15, -0.1) is 0 Å². The molecule has 0 bridgehead atoms. The lowest BCUT2D eigenvalue weighted by Crippen LogP contribution is -2.14. The lowest BCUT2D eigenvalue weighted by Gasteiger charge is -1.99. The van der Waals surface area contributed by atoms with Gasteiger partial charge in [-0.2, -0.15) is 0 Å². The topological polar surface area (TPSA) is 93.1 Å². The Kier molecular flexibility index (Phi) is 36.2. The summed E-state index contributed by atoms with van der Waals surface area (Å²) in [7, 11) is 0. The summed E-state index contributed by atoms with van der Waals surface area (Å²) in [6, 6.07) is 0. The Morgan fingerprint density at radius 3 is 1.27 bits per heavy atom. The molecule has 0 aromatic carbocycles. The number of esters is 2. The van der Waals surface area contributed by atoms with Gasteiger partial charge in [0.2, 0.25) is 0 Å². The molecular formula is C9H24O6. The van der Waals surface area contributed by atoms with Crippen LogP contribution in [0, 0.1) is 0 Å². The van der Waals surface area contributed by atoms with Crippen LogP contribution in [0.15, 0.2) is 0 Å². The summed E-state index contributed by atoms with van der Waals surface area (Å²) in [5.74, 6) is -1.79. The molecule has 0 spiro atoms. The second kappa shape index (κ2) is 18.6. The van der Waals surface area contributed by atoms with Crippen LogP contribution in [0.3, 0.4) is 0 Å². The molecule has 0 aliphatic carbocycles. The fraction of sp³-hybridized carbons (Fsp3) is 0.778. The van der Waals surface area contributed by atoms with Gasteiger partial charge < -0.3 is 19.7 Å². The van der Waals surface area contributed by atoms with Crippen LogP contribution in [-0.2, 0) is 19.1 Å². The average molecular weight is 228 g/mol. The Bertz CT molecular complexity index is 130. The first-order valence-electron chi connectivity index (χ1n) is 2.73. The molecule has 0 unspecified atom stereocenters. The molecule has 0 aliphatic heterocycles.